The van der Waals surface area contributed by atoms with Gasteiger partial charge < -0.3 is 18.9 Å². The van der Waals surface area contributed by atoms with Gasteiger partial charge in [-0.25, -0.2) is 0 Å². The largest absolute Gasteiger partial charge is 0.497 e. The lowest BCUT2D eigenvalue weighted by Gasteiger charge is -2.11. The maximum Gasteiger partial charge on any atom is 0.308 e. The molecule has 0 atom stereocenters. The van der Waals surface area contributed by atoms with E-state index in [9.17, 15) is 9.59 Å². The first kappa shape index (κ1) is 23.6. The normalized spacial score (nSPS) is 10.6. The van der Waals surface area contributed by atoms with Crippen molar-refractivity contribution >= 4 is 17.8 Å². The zero-order valence-electron chi connectivity index (χ0n) is 18.9. The van der Waals surface area contributed by atoms with Gasteiger partial charge >= 0.3 is 5.97 Å². The lowest BCUT2D eigenvalue weighted by molar-refractivity contribution is -0.132. The van der Waals surface area contributed by atoms with Gasteiger partial charge in [0.15, 0.2) is 17.3 Å². The van der Waals surface area contributed by atoms with Crippen molar-refractivity contribution in [2.75, 3.05) is 14.2 Å². The topological polar surface area (TPSA) is 71.1 Å². The minimum absolute atomic E-state index is 0.0586. The van der Waals surface area contributed by atoms with Gasteiger partial charge in [-0.05, 0) is 59.2 Å². The van der Waals surface area contributed by atoms with E-state index in [4.69, 9.17) is 18.9 Å². The fourth-order valence-corrected chi connectivity index (χ4v) is 3.17. The van der Waals surface area contributed by atoms with E-state index in [0.717, 1.165) is 28.2 Å². The average molecular weight is 446 g/mol. The quantitative estimate of drug-likeness (QED) is 0.247. The number of hydrogen-bond acceptors (Lipinski definition) is 6. The highest BCUT2D eigenvalue weighted by molar-refractivity contribution is 5.95. The standard InChI is InChI=1S/C27H26O6/c1-19(28)33-27-16-20(9-15-26(27)31-3)8-10-23(29)17-21-6-4-5-7-22(21)18-32-25-13-11-24(30-2)12-14-25/h4-16H,17-18H2,1-3H3/b10-8+. The Kier molecular flexibility index (Phi) is 8.24. The molecule has 0 heterocycles. The van der Waals surface area contributed by atoms with E-state index in [1.807, 2.05) is 48.5 Å². The molecule has 3 aromatic carbocycles. The highest BCUT2D eigenvalue weighted by Gasteiger charge is 2.09. The van der Waals surface area contributed by atoms with Gasteiger partial charge in [-0.2, -0.15) is 0 Å². The summed E-state index contributed by atoms with van der Waals surface area (Å²) in [5.74, 6) is 1.73. The summed E-state index contributed by atoms with van der Waals surface area (Å²) in [6, 6.07) is 20.2. The number of rotatable bonds is 10. The number of allylic oxidation sites excluding steroid dienone is 1. The molecule has 0 N–H and O–H groups in total. The Morgan fingerprint density at radius 1 is 0.818 bits per heavy atom. The van der Waals surface area contributed by atoms with Gasteiger partial charge in [0.1, 0.15) is 18.1 Å². The fourth-order valence-electron chi connectivity index (χ4n) is 3.17. The number of ether oxygens (including phenoxy) is 4. The average Bonchev–Trinajstić information content (AvgIpc) is 2.82. The molecule has 6 nitrogen and oxygen atoms in total. The van der Waals surface area contributed by atoms with E-state index in [-0.39, 0.29) is 12.2 Å². The number of carbonyl (C=O) groups excluding carboxylic acids is 2. The summed E-state index contributed by atoms with van der Waals surface area (Å²) in [6.45, 7) is 1.67. The van der Waals surface area contributed by atoms with Crippen LogP contribution in [0.25, 0.3) is 6.08 Å². The van der Waals surface area contributed by atoms with Crippen molar-refractivity contribution in [2.45, 2.75) is 20.0 Å². The lowest BCUT2D eigenvalue weighted by Crippen LogP contribution is -2.05. The van der Waals surface area contributed by atoms with Crippen LogP contribution in [0.1, 0.15) is 23.6 Å². The number of hydrogen-bond donors (Lipinski definition) is 0. The van der Waals surface area contributed by atoms with E-state index in [0.29, 0.717) is 18.1 Å². The molecule has 0 radical (unpaired) electrons. The SMILES string of the molecule is COc1ccc(OCc2ccccc2CC(=O)/C=C/c2ccc(OC)c(OC(C)=O)c2)cc1. The summed E-state index contributed by atoms with van der Waals surface area (Å²) < 4.78 is 21.4. The molecule has 0 saturated carbocycles. The van der Waals surface area contributed by atoms with Gasteiger partial charge in [0.2, 0.25) is 0 Å². The maximum absolute atomic E-state index is 12.6. The van der Waals surface area contributed by atoms with Crippen LogP contribution in [0.2, 0.25) is 0 Å². The number of methoxy groups -OCH3 is 2. The number of benzene rings is 3. The Balaban J connectivity index is 1.65. The van der Waals surface area contributed by atoms with Crippen LogP contribution >= 0.6 is 0 Å². The van der Waals surface area contributed by atoms with E-state index < -0.39 is 5.97 Å². The van der Waals surface area contributed by atoms with Crippen LogP contribution in [-0.4, -0.2) is 26.0 Å². The van der Waals surface area contributed by atoms with Crippen LogP contribution in [0.4, 0.5) is 0 Å². The van der Waals surface area contributed by atoms with Crippen molar-refractivity contribution in [3.63, 3.8) is 0 Å². The molecule has 0 aliphatic heterocycles. The monoisotopic (exact) mass is 446 g/mol. The predicted octanol–water partition coefficient (Wildman–Crippen LogP) is 5.03. The van der Waals surface area contributed by atoms with Crippen molar-refractivity contribution in [3.8, 4) is 23.0 Å². The molecule has 0 amide bonds. The summed E-state index contributed by atoms with van der Waals surface area (Å²) in [7, 11) is 3.11. The Hall–Kier alpha value is -4.06. The molecule has 0 unspecified atom stereocenters. The Labute approximate surface area is 193 Å². The molecule has 6 heteroatoms. The molecule has 3 aromatic rings. The molecule has 170 valence electrons. The molecular weight excluding hydrogens is 420 g/mol. The number of carbonyl (C=O) groups is 2. The second kappa shape index (κ2) is 11.5. The van der Waals surface area contributed by atoms with Gasteiger partial charge in [0.25, 0.3) is 0 Å². The van der Waals surface area contributed by atoms with Crippen LogP contribution in [0, 0.1) is 0 Å². The van der Waals surface area contributed by atoms with Crippen molar-refractivity contribution in [3.05, 3.63) is 89.5 Å². The van der Waals surface area contributed by atoms with Gasteiger partial charge in [-0.1, -0.05) is 36.4 Å². The van der Waals surface area contributed by atoms with Crippen LogP contribution in [-0.2, 0) is 22.6 Å². The summed E-state index contributed by atoms with van der Waals surface area (Å²) in [5, 5.41) is 0. The first-order chi connectivity index (χ1) is 16.0. The predicted molar refractivity (Wildman–Crippen MR) is 126 cm³/mol. The van der Waals surface area contributed by atoms with Crippen LogP contribution in [0.3, 0.4) is 0 Å². The Morgan fingerprint density at radius 3 is 2.18 bits per heavy atom. The molecule has 0 aliphatic carbocycles. The third kappa shape index (κ3) is 6.97. The highest BCUT2D eigenvalue weighted by atomic mass is 16.6. The van der Waals surface area contributed by atoms with Gasteiger partial charge in [-0.15, -0.1) is 0 Å². The maximum atomic E-state index is 12.6. The van der Waals surface area contributed by atoms with E-state index >= 15 is 0 Å². The minimum atomic E-state index is -0.445. The molecule has 0 aliphatic rings. The van der Waals surface area contributed by atoms with E-state index in [2.05, 4.69) is 0 Å². The molecule has 0 fully saturated rings. The van der Waals surface area contributed by atoms with E-state index in [1.165, 1.54) is 20.1 Å². The zero-order chi connectivity index (χ0) is 23.6. The molecule has 0 aromatic heterocycles. The molecule has 0 bridgehead atoms. The second-order valence-electron chi connectivity index (χ2n) is 7.21. The first-order valence-electron chi connectivity index (χ1n) is 10.4. The fraction of sp³-hybridized carbons (Fsp3) is 0.185. The smallest absolute Gasteiger partial charge is 0.308 e. The Morgan fingerprint density at radius 2 is 1.52 bits per heavy atom. The summed E-state index contributed by atoms with van der Waals surface area (Å²) in [6.07, 6.45) is 3.44. The van der Waals surface area contributed by atoms with E-state index in [1.54, 1.807) is 31.4 Å². The van der Waals surface area contributed by atoms with Gasteiger partial charge in [-0.3, -0.25) is 9.59 Å². The number of ketones is 1. The summed E-state index contributed by atoms with van der Waals surface area (Å²) in [5.41, 5.74) is 2.56. The lowest BCUT2D eigenvalue weighted by atomic mass is 10.0. The van der Waals surface area contributed by atoms with Crippen LogP contribution in [0.5, 0.6) is 23.0 Å². The van der Waals surface area contributed by atoms with Crippen molar-refractivity contribution in [1.82, 2.24) is 0 Å². The molecular formula is C27H26O6. The molecule has 0 spiro atoms. The first-order valence-corrected chi connectivity index (χ1v) is 10.4. The molecule has 0 saturated heterocycles. The van der Waals surface area contributed by atoms with Crippen LogP contribution < -0.4 is 18.9 Å². The summed E-state index contributed by atoms with van der Waals surface area (Å²) >= 11 is 0. The second-order valence-corrected chi connectivity index (χ2v) is 7.21. The summed E-state index contributed by atoms with van der Waals surface area (Å²) in [4.78, 5) is 23.9. The zero-order valence-corrected chi connectivity index (χ0v) is 18.9. The van der Waals surface area contributed by atoms with Crippen LogP contribution in [0.15, 0.2) is 72.8 Å². The third-order valence-electron chi connectivity index (χ3n) is 4.84. The molecule has 33 heavy (non-hydrogen) atoms. The van der Waals surface area contributed by atoms with Gasteiger partial charge in [0, 0.05) is 13.3 Å². The molecule has 3 rings (SSSR count). The minimum Gasteiger partial charge on any atom is -0.497 e. The van der Waals surface area contributed by atoms with Crippen molar-refractivity contribution < 1.29 is 28.5 Å². The van der Waals surface area contributed by atoms with Crippen molar-refractivity contribution in [1.29, 1.82) is 0 Å². The highest BCUT2D eigenvalue weighted by Crippen LogP contribution is 2.28. The van der Waals surface area contributed by atoms with Gasteiger partial charge in [0.05, 0.1) is 14.2 Å². The van der Waals surface area contributed by atoms with Crippen molar-refractivity contribution in [2.24, 2.45) is 0 Å². The Bertz CT molecular complexity index is 1130. The number of esters is 1. The third-order valence-corrected chi connectivity index (χ3v) is 4.84.